The zero-order chi connectivity index (χ0) is 12.3. The van der Waals surface area contributed by atoms with E-state index in [1.807, 2.05) is 0 Å². The van der Waals surface area contributed by atoms with Crippen molar-refractivity contribution in [2.75, 3.05) is 6.54 Å². The summed E-state index contributed by atoms with van der Waals surface area (Å²) in [5.74, 6) is 0. The lowest BCUT2D eigenvalue weighted by atomic mass is 10.3. The van der Waals surface area contributed by atoms with Gasteiger partial charge in [0.05, 0.1) is 12.5 Å². The van der Waals surface area contributed by atoms with Gasteiger partial charge < -0.3 is 4.98 Å². The van der Waals surface area contributed by atoms with Crippen molar-refractivity contribution in [3.05, 3.63) is 28.9 Å². The van der Waals surface area contributed by atoms with E-state index in [9.17, 15) is 8.42 Å². The molecule has 0 aliphatic rings. The molecular weight excluding hydrogens is 284 g/mol. The monoisotopic (exact) mass is 292 g/mol. The summed E-state index contributed by atoms with van der Waals surface area (Å²) in [4.78, 5) is 10.4. The van der Waals surface area contributed by atoms with Gasteiger partial charge in [0.15, 0.2) is 8.68 Å². The van der Waals surface area contributed by atoms with Crippen molar-refractivity contribution in [3.8, 4) is 0 Å². The Kier molecular flexibility index (Phi) is 3.77. The highest BCUT2D eigenvalue weighted by atomic mass is 35.5. The van der Waals surface area contributed by atoms with Crippen LogP contribution in [0.25, 0.3) is 0 Å². The molecule has 92 valence electrons. The molecule has 0 saturated heterocycles. The second kappa shape index (κ2) is 5.13. The normalized spacial score (nSPS) is 11.8. The molecule has 0 spiro atoms. The Morgan fingerprint density at radius 1 is 1.47 bits per heavy atom. The smallest absolute Gasteiger partial charge is 0.251 e. The molecular formula is C8H9ClN4O2S2. The van der Waals surface area contributed by atoms with E-state index in [4.69, 9.17) is 11.6 Å². The predicted octanol–water partition coefficient (Wildman–Crippen LogP) is 1.04. The third-order valence-electron chi connectivity index (χ3n) is 1.96. The molecule has 0 amide bonds. The minimum absolute atomic E-state index is 0.118. The van der Waals surface area contributed by atoms with Gasteiger partial charge in [-0.1, -0.05) is 22.9 Å². The Hall–Kier alpha value is -0.960. The number of H-pyrrole nitrogens is 1. The number of hydrogen-bond acceptors (Lipinski definition) is 5. The van der Waals surface area contributed by atoms with Crippen molar-refractivity contribution < 1.29 is 8.42 Å². The average Bonchev–Trinajstić information content (AvgIpc) is 2.89. The molecule has 0 atom stereocenters. The summed E-state index contributed by atoms with van der Waals surface area (Å²) >= 11 is 6.51. The minimum atomic E-state index is -3.51. The summed E-state index contributed by atoms with van der Waals surface area (Å²) in [6.07, 6.45) is 4.99. The van der Waals surface area contributed by atoms with E-state index in [1.54, 1.807) is 12.5 Å². The lowest BCUT2D eigenvalue weighted by molar-refractivity contribution is 0.583. The topological polar surface area (TPSA) is 87.7 Å². The number of nitrogens with one attached hydrogen (secondary N) is 2. The molecule has 2 N–H and O–H groups in total. The number of aromatic amines is 1. The second-order valence-electron chi connectivity index (χ2n) is 3.16. The van der Waals surface area contributed by atoms with Crippen LogP contribution in [0.15, 0.2) is 22.9 Å². The Labute approximate surface area is 107 Å². The van der Waals surface area contributed by atoms with E-state index in [2.05, 4.69) is 19.7 Å². The zero-order valence-corrected chi connectivity index (χ0v) is 10.9. The van der Waals surface area contributed by atoms with Gasteiger partial charge in [-0.2, -0.15) is 0 Å². The Bertz CT molecular complexity index is 578. The molecule has 0 aromatic carbocycles. The summed E-state index contributed by atoms with van der Waals surface area (Å²) in [6.45, 7) is 0.292. The van der Waals surface area contributed by atoms with E-state index < -0.39 is 10.0 Å². The molecule has 0 unspecified atom stereocenters. The number of hydrogen-bond donors (Lipinski definition) is 2. The molecule has 2 aromatic heterocycles. The summed E-state index contributed by atoms with van der Waals surface area (Å²) in [5, 5.41) is 0. The Morgan fingerprint density at radius 3 is 2.88 bits per heavy atom. The SMILES string of the molecule is O=S(=O)(NCCc1cnc[nH]1)c1cnc(Cl)s1. The summed E-state index contributed by atoms with van der Waals surface area (Å²) in [7, 11) is -3.51. The lowest BCUT2D eigenvalue weighted by Gasteiger charge is -2.02. The first kappa shape index (κ1) is 12.5. The van der Waals surface area contributed by atoms with Crippen LogP contribution in [-0.4, -0.2) is 29.9 Å². The fraction of sp³-hybridized carbons (Fsp3) is 0.250. The van der Waals surface area contributed by atoms with Crippen LogP contribution in [0.3, 0.4) is 0 Å². The molecule has 2 rings (SSSR count). The zero-order valence-electron chi connectivity index (χ0n) is 8.55. The fourth-order valence-corrected chi connectivity index (χ4v) is 3.55. The van der Waals surface area contributed by atoms with E-state index in [-0.39, 0.29) is 8.68 Å². The van der Waals surface area contributed by atoms with E-state index in [0.717, 1.165) is 17.0 Å². The van der Waals surface area contributed by atoms with Crippen LogP contribution in [-0.2, 0) is 16.4 Å². The van der Waals surface area contributed by atoms with Crippen molar-refractivity contribution in [2.45, 2.75) is 10.6 Å². The molecule has 6 nitrogen and oxygen atoms in total. The molecule has 0 saturated carbocycles. The van der Waals surface area contributed by atoms with Crippen LogP contribution < -0.4 is 4.72 Å². The van der Waals surface area contributed by atoms with Gasteiger partial charge >= 0.3 is 0 Å². The number of thiazole rings is 1. The second-order valence-corrected chi connectivity index (χ2v) is 6.76. The number of nitrogens with zero attached hydrogens (tertiary/aromatic N) is 2. The summed E-state index contributed by atoms with van der Waals surface area (Å²) in [6, 6.07) is 0. The van der Waals surface area contributed by atoms with Gasteiger partial charge in [0.25, 0.3) is 10.0 Å². The Morgan fingerprint density at radius 2 is 2.29 bits per heavy atom. The molecule has 9 heteroatoms. The Balaban J connectivity index is 1.94. The van der Waals surface area contributed by atoms with Gasteiger partial charge in [-0.25, -0.2) is 23.1 Å². The maximum Gasteiger partial charge on any atom is 0.251 e. The highest BCUT2D eigenvalue weighted by Crippen LogP contribution is 2.21. The molecule has 2 heterocycles. The number of halogens is 1. The summed E-state index contributed by atoms with van der Waals surface area (Å²) in [5.41, 5.74) is 0.870. The number of imidazole rings is 1. The van der Waals surface area contributed by atoms with Gasteiger partial charge in [0.1, 0.15) is 0 Å². The van der Waals surface area contributed by atoms with Crippen molar-refractivity contribution in [3.63, 3.8) is 0 Å². The van der Waals surface area contributed by atoms with Gasteiger partial charge in [0, 0.05) is 24.9 Å². The van der Waals surface area contributed by atoms with Crippen molar-refractivity contribution >= 4 is 33.0 Å². The lowest BCUT2D eigenvalue weighted by Crippen LogP contribution is -2.25. The molecule has 17 heavy (non-hydrogen) atoms. The largest absolute Gasteiger partial charge is 0.348 e. The van der Waals surface area contributed by atoms with Crippen LogP contribution in [0.2, 0.25) is 4.47 Å². The average molecular weight is 293 g/mol. The first-order valence-corrected chi connectivity index (χ1v) is 7.34. The molecule has 0 fully saturated rings. The molecule has 0 aliphatic carbocycles. The number of rotatable bonds is 5. The third kappa shape index (κ3) is 3.25. The van der Waals surface area contributed by atoms with Crippen molar-refractivity contribution in [1.82, 2.24) is 19.7 Å². The first-order valence-electron chi connectivity index (χ1n) is 4.66. The number of aromatic nitrogens is 3. The van der Waals surface area contributed by atoms with Crippen LogP contribution in [0.5, 0.6) is 0 Å². The minimum Gasteiger partial charge on any atom is -0.348 e. The quantitative estimate of drug-likeness (QED) is 0.862. The standard InChI is InChI=1S/C8H9ClN4O2S2/c9-8-11-4-7(16-8)17(14,15)13-2-1-6-3-10-5-12-6/h3-5,13H,1-2H2,(H,10,12). The van der Waals surface area contributed by atoms with E-state index in [1.165, 1.54) is 6.20 Å². The van der Waals surface area contributed by atoms with Crippen LogP contribution in [0.4, 0.5) is 0 Å². The highest BCUT2D eigenvalue weighted by Gasteiger charge is 2.16. The van der Waals surface area contributed by atoms with Gasteiger partial charge in [-0.15, -0.1) is 0 Å². The fourth-order valence-electron chi connectivity index (χ4n) is 1.18. The van der Waals surface area contributed by atoms with Gasteiger partial charge in [-0.3, -0.25) is 0 Å². The van der Waals surface area contributed by atoms with E-state index >= 15 is 0 Å². The predicted molar refractivity (Wildman–Crippen MR) is 64.6 cm³/mol. The molecule has 0 bridgehead atoms. The van der Waals surface area contributed by atoms with Gasteiger partial charge in [0.2, 0.25) is 0 Å². The highest BCUT2D eigenvalue weighted by molar-refractivity contribution is 7.91. The molecule has 0 aliphatic heterocycles. The van der Waals surface area contributed by atoms with Crippen LogP contribution >= 0.6 is 22.9 Å². The van der Waals surface area contributed by atoms with Crippen molar-refractivity contribution in [2.24, 2.45) is 0 Å². The maximum atomic E-state index is 11.7. The molecule has 0 radical (unpaired) electrons. The number of sulfonamides is 1. The summed E-state index contributed by atoms with van der Waals surface area (Å²) < 4.78 is 26.3. The van der Waals surface area contributed by atoms with Crippen LogP contribution in [0, 0.1) is 0 Å². The first-order chi connectivity index (χ1) is 8.08. The van der Waals surface area contributed by atoms with Crippen molar-refractivity contribution in [1.29, 1.82) is 0 Å². The van der Waals surface area contributed by atoms with Gasteiger partial charge in [-0.05, 0) is 0 Å². The molecule has 2 aromatic rings. The maximum absolute atomic E-state index is 11.7. The van der Waals surface area contributed by atoms with E-state index in [0.29, 0.717) is 13.0 Å². The van der Waals surface area contributed by atoms with Crippen LogP contribution in [0.1, 0.15) is 5.69 Å². The third-order valence-corrected chi connectivity index (χ3v) is 5.00.